The summed E-state index contributed by atoms with van der Waals surface area (Å²) < 4.78 is 42.9. The zero-order valence-corrected chi connectivity index (χ0v) is 19.9. The van der Waals surface area contributed by atoms with Gasteiger partial charge in [-0.05, 0) is 50.6 Å². The molecule has 10 heteroatoms. The first-order valence-electron chi connectivity index (χ1n) is 11.2. The fourth-order valence-corrected chi connectivity index (χ4v) is 4.75. The Morgan fingerprint density at radius 2 is 1.80 bits per heavy atom. The van der Waals surface area contributed by atoms with Crippen molar-refractivity contribution in [2.45, 2.75) is 45.3 Å². The zero-order chi connectivity index (χ0) is 25.5. The molecule has 1 aliphatic heterocycles. The Balaban J connectivity index is 1.60. The van der Waals surface area contributed by atoms with Crippen molar-refractivity contribution in [2.75, 3.05) is 18.0 Å². The summed E-state index contributed by atoms with van der Waals surface area (Å²) in [7, 11) is 1.68. The van der Waals surface area contributed by atoms with Crippen LogP contribution in [0.15, 0.2) is 47.3 Å². The number of halogens is 3. The second-order valence-corrected chi connectivity index (χ2v) is 8.92. The number of aromatic nitrogens is 2. The molecule has 0 aliphatic carbocycles. The van der Waals surface area contributed by atoms with Crippen LogP contribution in [-0.2, 0) is 7.05 Å². The van der Waals surface area contributed by atoms with Crippen LogP contribution in [-0.4, -0.2) is 46.0 Å². The average molecular weight is 486 g/mol. The van der Waals surface area contributed by atoms with Gasteiger partial charge in [0.25, 0.3) is 11.4 Å². The van der Waals surface area contributed by atoms with Gasteiger partial charge >= 0.3 is 6.36 Å². The molecule has 3 atom stereocenters. The standard InChI is InChI=1S/C25H26F3N5O2/c1-15-14-33(21-12-23(34)31(5)20-10-11-22(29-4)30-24(20)21)16(2)13-32(15)17(3)18-6-8-19(9-7-18)35-25(26,27)28/h6-12,15-17H,13-14H2,1-3,5H3/t15-,16+,17?/m1/s1. The van der Waals surface area contributed by atoms with Crippen LogP contribution in [0.1, 0.15) is 32.4 Å². The Morgan fingerprint density at radius 3 is 2.43 bits per heavy atom. The highest BCUT2D eigenvalue weighted by Crippen LogP contribution is 2.33. The van der Waals surface area contributed by atoms with E-state index in [-0.39, 0.29) is 35.3 Å². The van der Waals surface area contributed by atoms with Gasteiger partial charge in [-0.25, -0.2) is 0 Å². The predicted molar refractivity (Wildman–Crippen MR) is 128 cm³/mol. The van der Waals surface area contributed by atoms with Crippen LogP contribution < -0.4 is 15.2 Å². The highest BCUT2D eigenvalue weighted by Gasteiger charge is 2.35. The van der Waals surface area contributed by atoms with Crippen molar-refractivity contribution in [2.24, 2.45) is 7.05 Å². The zero-order valence-electron chi connectivity index (χ0n) is 19.9. The number of nitrogens with zero attached hydrogens (tertiary/aromatic N) is 5. The molecule has 0 spiro atoms. The van der Waals surface area contributed by atoms with Crippen molar-refractivity contribution in [1.82, 2.24) is 14.5 Å². The summed E-state index contributed by atoms with van der Waals surface area (Å²) in [6, 6.07) is 11.0. The molecule has 3 aromatic rings. The second kappa shape index (κ2) is 9.23. The number of pyridine rings is 2. The number of anilines is 1. The molecule has 0 saturated carbocycles. The van der Waals surface area contributed by atoms with Crippen molar-refractivity contribution >= 4 is 22.5 Å². The van der Waals surface area contributed by atoms with E-state index in [9.17, 15) is 18.0 Å². The molecule has 3 heterocycles. The summed E-state index contributed by atoms with van der Waals surface area (Å²) >= 11 is 0. The predicted octanol–water partition coefficient (Wildman–Crippen LogP) is 5.04. The van der Waals surface area contributed by atoms with Crippen LogP contribution in [0, 0.1) is 6.57 Å². The minimum atomic E-state index is -4.72. The molecule has 1 unspecified atom stereocenters. The minimum Gasteiger partial charge on any atom is -0.406 e. The second-order valence-electron chi connectivity index (χ2n) is 8.92. The van der Waals surface area contributed by atoms with Crippen molar-refractivity contribution in [3.63, 3.8) is 0 Å². The molecule has 7 nitrogen and oxygen atoms in total. The number of alkyl halides is 3. The summed E-state index contributed by atoms with van der Waals surface area (Å²) in [5.41, 5.74) is 2.71. The summed E-state index contributed by atoms with van der Waals surface area (Å²) in [5.74, 6) is 0.0202. The van der Waals surface area contributed by atoms with E-state index in [0.717, 1.165) is 5.56 Å². The minimum absolute atomic E-state index is 0.0233. The van der Waals surface area contributed by atoms with Crippen molar-refractivity contribution < 1.29 is 17.9 Å². The maximum absolute atomic E-state index is 12.7. The van der Waals surface area contributed by atoms with E-state index in [1.165, 1.54) is 16.7 Å². The lowest BCUT2D eigenvalue weighted by Gasteiger charge is -2.47. The largest absolute Gasteiger partial charge is 0.573 e. The first-order chi connectivity index (χ1) is 16.5. The number of hydrogen-bond acceptors (Lipinski definition) is 5. The van der Waals surface area contributed by atoms with E-state index in [0.29, 0.717) is 29.8 Å². The first-order valence-corrected chi connectivity index (χ1v) is 11.2. The Labute approximate surface area is 201 Å². The van der Waals surface area contributed by atoms with E-state index >= 15 is 0 Å². The fourth-order valence-electron chi connectivity index (χ4n) is 4.75. The lowest BCUT2D eigenvalue weighted by molar-refractivity contribution is -0.274. The van der Waals surface area contributed by atoms with Crippen molar-refractivity contribution in [3.8, 4) is 5.75 Å². The maximum Gasteiger partial charge on any atom is 0.573 e. The summed E-state index contributed by atoms with van der Waals surface area (Å²) in [6.45, 7) is 14.8. The molecule has 184 valence electrons. The number of hydrogen-bond donors (Lipinski definition) is 0. The van der Waals surface area contributed by atoms with Gasteiger partial charge in [0.05, 0.1) is 11.2 Å². The normalized spacial score (nSPS) is 20.0. The van der Waals surface area contributed by atoms with Crippen LogP contribution in [0.25, 0.3) is 15.9 Å². The van der Waals surface area contributed by atoms with Gasteiger partial charge in [-0.3, -0.25) is 9.69 Å². The smallest absolute Gasteiger partial charge is 0.406 e. The monoisotopic (exact) mass is 485 g/mol. The third-order valence-corrected chi connectivity index (χ3v) is 6.61. The molecular formula is C25H26F3N5O2. The number of fused-ring (bicyclic) bond motifs is 1. The number of ether oxygens (including phenoxy) is 1. The van der Waals surface area contributed by atoms with E-state index in [4.69, 9.17) is 6.57 Å². The number of benzene rings is 1. The lowest BCUT2D eigenvalue weighted by Crippen LogP contribution is -2.57. The number of aryl methyl sites for hydroxylation is 1. The molecule has 0 amide bonds. The third-order valence-electron chi connectivity index (χ3n) is 6.61. The van der Waals surface area contributed by atoms with Gasteiger partial charge in [-0.1, -0.05) is 18.7 Å². The molecule has 0 bridgehead atoms. The summed E-state index contributed by atoms with van der Waals surface area (Å²) in [5, 5.41) is 0. The summed E-state index contributed by atoms with van der Waals surface area (Å²) in [6.07, 6.45) is -4.72. The fraction of sp³-hybridized carbons (Fsp3) is 0.400. The van der Waals surface area contributed by atoms with Gasteiger partial charge in [-0.2, -0.15) is 0 Å². The molecular weight excluding hydrogens is 459 g/mol. The van der Waals surface area contributed by atoms with E-state index < -0.39 is 6.36 Å². The SMILES string of the molecule is [C-]#[N+]c1ccc2c(n1)c(N1C[C@@H](C)N(C(C)c3ccc(OC(F)(F)F)cc3)C[C@@H]1C)cc(=O)n2C. The van der Waals surface area contributed by atoms with Crippen LogP contribution >= 0.6 is 0 Å². The van der Waals surface area contributed by atoms with Crippen molar-refractivity contribution in [3.05, 3.63) is 69.8 Å². The number of piperazine rings is 1. The van der Waals surface area contributed by atoms with Crippen molar-refractivity contribution in [1.29, 1.82) is 0 Å². The molecule has 1 aliphatic rings. The summed E-state index contributed by atoms with van der Waals surface area (Å²) in [4.78, 5) is 25.1. The van der Waals surface area contributed by atoms with E-state index in [2.05, 4.69) is 38.2 Å². The highest BCUT2D eigenvalue weighted by molar-refractivity contribution is 5.89. The molecule has 2 aromatic heterocycles. The Bertz CT molecular complexity index is 1330. The van der Waals surface area contributed by atoms with Gasteiger partial charge < -0.3 is 19.0 Å². The first kappa shape index (κ1) is 24.5. The Hall–Kier alpha value is -3.58. The van der Waals surface area contributed by atoms with Gasteiger partial charge in [0.2, 0.25) is 5.52 Å². The number of rotatable bonds is 4. The maximum atomic E-state index is 12.7. The van der Waals surface area contributed by atoms with Gasteiger partial charge in [0.15, 0.2) is 0 Å². The van der Waals surface area contributed by atoms with Crippen LogP contribution in [0.5, 0.6) is 5.75 Å². The molecule has 35 heavy (non-hydrogen) atoms. The van der Waals surface area contributed by atoms with Crippen LogP contribution in [0.4, 0.5) is 24.7 Å². The average Bonchev–Trinajstić information content (AvgIpc) is 2.81. The molecule has 4 rings (SSSR count). The van der Waals surface area contributed by atoms with Crippen LogP contribution in [0.3, 0.4) is 0 Å². The molecule has 1 aromatic carbocycles. The topological polar surface area (TPSA) is 55.0 Å². The van der Waals surface area contributed by atoms with Crippen LogP contribution in [0.2, 0.25) is 0 Å². The molecule has 1 saturated heterocycles. The molecule has 0 radical (unpaired) electrons. The Morgan fingerprint density at radius 1 is 1.11 bits per heavy atom. The lowest BCUT2D eigenvalue weighted by atomic mass is 10.00. The highest BCUT2D eigenvalue weighted by atomic mass is 19.4. The van der Waals surface area contributed by atoms with Gasteiger partial charge in [-0.15, -0.1) is 18.2 Å². The van der Waals surface area contributed by atoms with E-state index in [1.807, 2.05) is 6.92 Å². The Kier molecular flexibility index (Phi) is 6.47. The molecule has 0 N–H and O–H groups in total. The molecule has 1 fully saturated rings. The third kappa shape index (κ3) is 4.95. The quantitative estimate of drug-likeness (QED) is 0.485. The van der Waals surface area contributed by atoms with E-state index in [1.54, 1.807) is 37.4 Å². The van der Waals surface area contributed by atoms with Gasteiger partial charge in [0, 0.05) is 44.3 Å². The van der Waals surface area contributed by atoms with Gasteiger partial charge in [0.1, 0.15) is 5.75 Å².